The van der Waals surface area contributed by atoms with Crippen LogP contribution >= 0.6 is 0 Å². The van der Waals surface area contributed by atoms with Gasteiger partial charge < -0.3 is 14.5 Å². The van der Waals surface area contributed by atoms with Crippen molar-refractivity contribution < 1.29 is 14.3 Å². The fourth-order valence-corrected chi connectivity index (χ4v) is 5.47. The molecule has 2 aliphatic rings. The second-order valence-electron chi connectivity index (χ2n) is 8.80. The number of carbonyl (C=O) groups excluding carboxylic acids is 2. The molecule has 5 nitrogen and oxygen atoms in total. The SMILES string of the molecule is CCN(CC)C(=O)[C@@H]1c2ccccc2C(=O)N(C2CCCCC2)[C@@H]1c1ccc(OC)cc1. The van der Waals surface area contributed by atoms with Crippen molar-refractivity contribution in [3.63, 3.8) is 0 Å². The first-order valence-corrected chi connectivity index (χ1v) is 11.9. The maximum atomic E-state index is 13.9. The standard InChI is InChI=1S/C27H34N2O3/c1-4-28(5-2)27(31)24-22-13-9-10-14-23(22)26(30)29(20-11-7-6-8-12-20)25(24)19-15-17-21(32-3)18-16-19/h9-10,13-18,20,24-25H,4-8,11-12H2,1-3H3/t24-,25-/m1/s1. The Hall–Kier alpha value is -2.82. The zero-order chi connectivity index (χ0) is 22.7. The Kier molecular flexibility index (Phi) is 6.83. The zero-order valence-electron chi connectivity index (χ0n) is 19.4. The van der Waals surface area contributed by atoms with Crippen molar-refractivity contribution >= 4 is 11.8 Å². The highest BCUT2D eigenvalue weighted by Crippen LogP contribution is 2.46. The average molecular weight is 435 g/mol. The molecule has 0 unspecified atom stereocenters. The molecule has 0 N–H and O–H groups in total. The summed E-state index contributed by atoms with van der Waals surface area (Å²) in [6, 6.07) is 15.4. The molecular weight excluding hydrogens is 400 g/mol. The number of amides is 2. The fourth-order valence-electron chi connectivity index (χ4n) is 5.47. The number of fused-ring (bicyclic) bond motifs is 1. The lowest BCUT2D eigenvalue weighted by atomic mass is 9.77. The van der Waals surface area contributed by atoms with Crippen molar-refractivity contribution in [3.8, 4) is 5.75 Å². The number of likely N-dealkylation sites (N-methyl/N-ethyl adjacent to an activating group) is 1. The number of methoxy groups -OCH3 is 1. The van der Waals surface area contributed by atoms with E-state index < -0.39 is 5.92 Å². The van der Waals surface area contributed by atoms with Gasteiger partial charge >= 0.3 is 0 Å². The summed E-state index contributed by atoms with van der Waals surface area (Å²) in [6.07, 6.45) is 5.45. The quantitative estimate of drug-likeness (QED) is 0.630. The molecule has 0 saturated heterocycles. The molecule has 4 rings (SSSR count). The van der Waals surface area contributed by atoms with Gasteiger partial charge in [0.15, 0.2) is 0 Å². The fraction of sp³-hybridized carbons (Fsp3) is 0.481. The summed E-state index contributed by atoms with van der Waals surface area (Å²) in [7, 11) is 1.65. The number of nitrogens with zero attached hydrogens (tertiary/aromatic N) is 2. The van der Waals surface area contributed by atoms with Crippen molar-refractivity contribution in [1.29, 1.82) is 0 Å². The first-order chi connectivity index (χ1) is 15.6. The van der Waals surface area contributed by atoms with E-state index in [-0.39, 0.29) is 23.9 Å². The summed E-state index contributed by atoms with van der Waals surface area (Å²) >= 11 is 0. The molecule has 1 aliphatic carbocycles. The van der Waals surface area contributed by atoms with Gasteiger partial charge in [0.25, 0.3) is 5.91 Å². The normalized spacial score (nSPS) is 21.2. The first kappa shape index (κ1) is 22.4. The monoisotopic (exact) mass is 434 g/mol. The van der Waals surface area contributed by atoms with E-state index in [9.17, 15) is 9.59 Å². The van der Waals surface area contributed by atoms with Crippen LogP contribution in [0.25, 0.3) is 0 Å². The van der Waals surface area contributed by atoms with E-state index in [0.29, 0.717) is 18.7 Å². The van der Waals surface area contributed by atoms with Gasteiger partial charge in [-0.3, -0.25) is 9.59 Å². The molecule has 5 heteroatoms. The van der Waals surface area contributed by atoms with Crippen LogP contribution in [0.4, 0.5) is 0 Å². The number of rotatable bonds is 6. The number of ether oxygens (including phenoxy) is 1. The van der Waals surface area contributed by atoms with Gasteiger partial charge in [0.2, 0.25) is 5.91 Å². The van der Waals surface area contributed by atoms with E-state index in [2.05, 4.69) is 4.90 Å². The highest BCUT2D eigenvalue weighted by Gasteiger charge is 2.47. The molecule has 1 aliphatic heterocycles. The summed E-state index contributed by atoms with van der Waals surface area (Å²) in [5, 5.41) is 0. The van der Waals surface area contributed by atoms with Gasteiger partial charge in [-0.2, -0.15) is 0 Å². The molecule has 0 spiro atoms. The number of benzene rings is 2. The molecule has 32 heavy (non-hydrogen) atoms. The van der Waals surface area contributed by atoms with Crippen molar-refractivity contribution in [2.45, 2.75) is 64.0 Å². The van der Waals surface area contributed by atoms with Crippen LogP contribution in [-0.2, 0) is 4.79 Å². The summed E-state index contributed by atoms with van der Waals surface area (Å²) in [5.74, 6) is 0.500. The Morgan fingerprint density at radius 2 is 1.66 bits per heavy atom. The Labute approximate surface area is 191 Å². The second-order valence-corrected chi connectivity index (χ2v) is 8.80. The molecule has 1 saturated carbocycles. The van der Waals surface area contributed by atoms with E-state index in [1.165, 1.54) is 6.42 Å². The Morgan fingerprint density at radius 3 is 2.28 bits per heavy atom. The number of carbonyl (C=O) groups is 2. The maximum absolute atomic E-state index is 13.9. The van der Waals surface area contributed by atoms with Gasteiger partial charge in [0.05, 0.1) is 19.1 Å². The van der Waals surface area contributed by atoms with Gasteiger partial charge in [-0.05, 0) is 56.0 Å². The average Bonchev–Trinajstić information content (AvgIpc) is 2.85. The lowest BCUT2D eigenvalue weighted by Crippen LogP contribution is -2.52. The minimum Gasteiger partial charge on any atom is -0.497 e. The van der Waals surface area contributed by atoms with Crippen LogP contribution in [0.3, 0.4) is 0 Å². The maximum Gasteiger partial charge on any atom is 0.254 e. The summed E-state index contributed by atoms with van der Waals surface area (Å²) in [4.78, 5) is 31.8. The van der Waals surface area contributed by atoms with E-state index in [4.69, 9.17) is 4.74 Å². The smallest absolute Gasteiger partial charge is 0.254 e. The molecule has 170 valence electrons. The van der Waals surface area contributed by atoms with Crippen LogP contribution in [0, 0.1) is 0 Å². The van der Waals surface area contributed by atoms with Crippen molar-refractivity contribution in [3.05, 3.63) is 65.2 Å². The van der Waals surface area contributed by atoms with Crippen LogP contribution in [0.1, 0.15) is 79.4 Å². The van der Waals surface area contributed by atoms with Crippen molar-refractivity contribution in [2.24, 2.45) is 0 Å². The third-order valence-corrected chi connectivity index (χ3v) is 7.14. The van der Waals surface area contributed by atoms with E-state index in [1.54, 1.807) is 7.11 Å². The molecule has 1 fully saturated rings. The minimum atomic E-state index is -0.417. The molecule has 2 aromatic rings. The van der Waals surface area contributed by atoms with E-state index in [1.807, 2.05) is 67.3 Å². The van der Waals surface area contributed by atoms with Crippen LogP contribution in [0.2, 0.25) is 0 Å². The van der Waals surface area contributed by atoms with Gasteiger partial charge in [0.1, 0.15) is 5.75 Å². The highest BCUT2D eigenvalue weighted by atomic mass is 16.5. The number of hydrogen-bond donors (Lipinski definition) is 0. The largest absolute Gasteiger partial charge is 0.497 e. The lowest BCUT2D eigenvalue weighted by molar-refractivity contribution is -0.134. The molecule has 1 heterocycles. The zero-order valence-corrected chi connectivity index (χ0v) is 19.4. The minimum absolute atomic E-state index is 0.0527. The van der Waals surface area contributed by atoms with Gasteiger partial charge in [-0.25, -0.2) is 0 Å². The molecule has 0 radical (unpaired) electrons. The third-order valence-electron chi connectivity index (χ3n) is 7.14. The summed E-state index contributed by atoms with van der Waals surface area (Å²) < 4.78 is 5.37. The summed E-state index contributed by atoms with van der Waals surface area (Å²) in [6.45, 7) is 5.34. The number of hydrogen-bond acceptors (Lipinski definition) is 3. The van der Waals surface area contributed by atoms with Crippen molar-refractivity contribution in [2.75, 3.05) is 20.2 Å². The molecule has 0 aromatic heterocycles. The molecule has 2 atom stereocenters. The molecular formula is C27H34N2O3. The first-order valence-electron chi connectivity index (χ1n) is 11.9. The molecule has 0 bridgehead atoms. The Balaban J connectivity index is 1.89. The summed E-state index contributed by atoms with van der Waals surface area (Å²) in [5.41, 5.74) is 2.51. The Morgan fingerprint density at radius 1 is 1.00 bits per heavy atom. The van der Waals surface area contributed by atoms with E-state index >= 15 is 0 Å². The van der Waals surface area contributed by atoms with Gasteiger partial charge in [-0.15, -0.1) is 0 Å². The van der Waals surface area contributed by atoms with Gasteiger partial charge in [0, 0.05) is 24.7 Å². The van der Waals surface area contributed by atoms with Crippen LogP contribution in [0.5, 0.6) is 5.75 Å². The van der Waals surface area contributed by atoms with Crippen LogP contribution in [-0.4, -0.2) is 47.9 Å². The van der Waals surface area contributed by atoms with Crippen LogP contribution in [0.15, 0.2) is 48.5 Å². The topological polar surface area (TPSA) is 49.9 Å². The predicted molar refractivity (Wildman–Crippen MR) is 126 cm³/mol. The highest BCUT2D eigenvalue weighted by molar-refractivity contribution is 6.01. The van der Waals surface area contributed by atoms with E-state index in [0.717, 1.165) is 42.6 Å². The third kappa shape index (κ3) is 4.01. The van der Waals surface area contributed by atoms with Crippen LogP contribution < -0.4 is 4.74 Å². The van der Waals surface area contributed by atoms with Gasteiger partial charge in [-0.1, -0.05) is 49.6 Å². The van der Waals surface area contributed by atoms with Crippen molar-refractivity contribution in [1.82, 2.24) is 9.80 Å². The second kappa shape index (κ2) is 9.76. The Bertz CT molecular complexity index is 946. The molecule has 2 amide bonds. The predicted octanol–water partition coefficient (Wildman–Crippen LogP) is 5.18. The molecule has 2 aromatic carbocycles. The lowest BCUT2D eigenvalue weighted by Gasteiger charge is -2.47.